The molecule has 0 aromatic heterocycles. The molecule has 2 N–H and O–H groups in total. The Morgan fingerprint density at radius 3 is 1.75 bits per heavy atom. The van der Waals surface area contributed by atoms with E-state index in [2.05, 4.69) is 45.3 Å². The normalized spacial score (nSPS) is 22.7. The predicted octanol–water partition coefficient (Wildman–Crippen LogP) is 5.14. The number of urea groups is 1. The largest absolute Gasteiger partial charge is 0.325 e. The van der Waals surface area contributed by atoms with Crippen molar-refractivity contribution in [2.24, 2.45) is 0 Å². The summed E-state index contributed by atoms with van der Waals surface area (Å²) in [5, 5.41) is 6.66. The molecule has 5 heteroatoms. The van der Waals surface area contributed by atoms with Crippen molar-refractivity contribution < 1.29 is 9.59 Å². The molecule has 2 rings (SSSR count). The summed E-state index contributed by atoms with van der Waals surface area (Å²) < 4.78 is 0. The highest BCUT2D eigenvalue weighted by molar-refractivity contribution is 6.07. The number of hydrogen-bond donors (Lipinski definition) is 2. The van der Waals surface area contributed by atoms with Gasteiger partial charge in [-0.3, -0.25) is 9.69 Å². The molecule has 2 fully saturated rings. The summed E-state index contributed by atoms with van der Waals surface area (Å²) in [4.78, 5) is 27.2. The first-order chi connectivity index (χ1) is 13.1. The van der Waals surface area contributed by atoms with E-state index in [0.717, 1.165) is 12.8 Å². The maximum atomic E-state index is 13.2. The van der Waals surface area contributed by atoms with Gasteiger partial charge in [0.2, 0.25) is 0 Å². The quantitative estimate of drug-likeness (QED) is 0.377. The van der Waals surface area contributed by atoms with Gasteiger partial charge in [-0.1, -0.05) is 64.7 Å². The molecule has 0 atom stereocenters. The Bertz CT molecular complexity index is 526. The molecule has 2 heterocycles. The Morgan fingerprint density at radius 1 is 0.786 bits per heavy atom. The van der Waals surface area contributed by atoms with E-state index >= 15 is 0 Å². The van der Waals surface area contributed by atoms with Crippen LogP contribution in [0.3, 0.4) is 0 Å². The monoisotopic (exact) mass is 393 g/mol. The Balaban J connectivity index is 1.74. The van der Waals surface area contributed by atoms with Gasteiger partial charge in [-0.2, -0.15) is 0 Å². The predicted molar refractivity (Wildman–Crippen MR) is 115 cm³/mol. The smallest absolute Gasteiger partial charge is 0.323 e. The van der Waals surface area contributed by atoms with Gasteiger partial charge in [0.15, 0.2) is 0 Å². The van der Waals surface area contributed by atoms with Crippen molar-refractivity contribution in [2.45, 2.75) is 128 Å². The Labute approximate surface area is 172 Å². The van der Waals surface area contributed by atoms with Crippen molar-refractivity contribution in [2.75, 3.05) is 6.54 Å². The fourth-order valence-corrected chi connectivity index (χ4v) is 5.45. The number of nitrogens with zero attached hydrogens (tertiary/aromatic N) is 1. The highest BCUT2D eigenvalue weighted by Crippen LogP contribution is 2.39. The second-order valence-corrected chi connectivity index (χ2v) is 10.4. The number of imide groups is 1. The van der Waals surface area contributed by atoms with Crippen molar-refractivity contribution in [3.05, 3.63) is 0 Å². The molecule has 0 saturated carbocycles. The van der Waals surface area contributed by atoms with Gasteiger partial charge in [-0.25, -0.2) is 4.79 Å². The Kier molecular flexibility index (Phi) is 7.95. The molecule has 0 aromatic rings. The SMILES string of the molecule is CCCCCCCCCCCCN1C(=O)NC2(CC(C)(C)NC(C)(C)C2)C1=O. The second-order valence-electron chi connectivity index (χ2n) is 10.4. The third kappa shape index (κ3) is 6.20. The fraction of sp³-hybridized carbons (Fsp3) is 0.913. The number of carbonyl (C=O) groups is 2. The van der Waals surface area contributed by atoms with Crippen LogP contribution in [0.4, 0.5) is 4.79 Å². The molecule has 3 amide bonds. The zero-order valence-corrected chi connectivity index (χ0v) is 19.0. The number of hydrogen-bond acceptors (Lipinski definition) is 3. The topological polar surface area (TPSA) is 61.4 Å². The molecule has 0 aliphatic carbocycles. The first-order valence-electron chi connectivity index (χ1n) is 11.5. The van der Waals surface area contributed by atoms with Crippen LogP contribution in [0.1, 0.15) is 112 Å². The van der Waals surface area contributed by atoms with E-state index in [4.69, 9.17) is 0 Å². The lowest BCUT2D eigenvalue weighted by atomic mass is 9.71. The summed E-state index contributed by atoms with van der Waals surface area (Å²) in [6.45, 7) is 11.2. The van der Waals surface area contributed by atoms with Crippen LogP contribution < -0.4 is 10.6 Å². The van der Waals surface area contributed by atoms with Crippen LogP contribution in [0.5, 0.6) is 0 Å². The summed E-state index contributed by atoms with van der Waals surface area (Å²) in [6.07, 6.45) is 13.8. The summed E-state index contributed by atoms with van der Waals surface area (Å²) in [7, 11) is 0. The number of rotatable bonds is 11. The number of nitrogens with one attached hydrogen (secondary N) is 2. The third-order valence-corrected chi connectivity index (χ3v) is 6.15. The van der Waals surface area contributed by atoms with Gasteiger partial charge in [-0.05, 0) is 47.0 Å². The van der Waals surface area contributed by atoms with E-state index < -0.39 is 5.54 Å². The molecule has 2 aliphatic heterocycles. The van der Waals surface area contributed by atoms with Gasteiger partial charge in [0.1, 0.15) is 5.54 Å². The lowest BCUT2D eigenvalue weighted by Crippen LogP contribution is -2.68. The van der Waals surface area contributed by atoms with Crippen LogP contribution in [0, 0.1) is 0 Å². The molecular formula is C23H43N3O2. The van der Waals surface area contributed by atoms with Crippen LogP contribution >= 0.6 is 0 Å². The highest BCUT2D eigenvalue weighted by atomic mass is 16.2. The molecule has 2 saturated heterocycles. The first kappa shape index (κ1) is 23.2. The van der Waals surface area contributed by atoms with Crippen LogP contribution in [0.25, 0.3) is 0 Å². The number of amides is 3. The summed E-state index contributed by atoms with van der Waals surface area (Å²) >= 11 is 0. The molecule has 0 unspecified atom stereocenters. The molecule has 28 heavy (non-hydrogen) atoms. The number of piperidine rings is 1. The van der Waals surface area contributed by atoms with Crippen LogP contribution in [-0.4, -0.2) is 40.0 Å². The van der Waals surface area contributed by atoms with E-state index in [0.29, 0.717) is 19.4 Å². The number of unbranched alkanes of at least 4 members (excludes halogenated alkanes) is 9. The fourth-order valence-electron chi connectivity index (χ4n) is 5.45. The maximum Gasteiger partial charge on any atom is 0.325 e. The second kappa shape index (κ2) is 9.60. The third-order valence-electron chi connectivity index (χ3n) is 6.15. The lowest BCUT2D eigenvalue weighted by Gasteiger charge is -2.50. The minimum atomic E-state index is -0.742. The van der Waals surface area contributed by atoms with Gasteiger partial charge >= 0.3 is 6.03 Å². The first-order valence-corrected chi connectivity index (χ1v) is 11.5. The molecule has 2 aliphatic rings. The van der Waals surface area contributed by atoms with Gasteiger partial charge in [0.25, 0.3) is 5.91 Å². The lowest BCUT2D eigenvalue weighted by molar-refractivity contribution is -0.134. The Hall–Kier alpha value is -1.10. The van der Waals surface area contributed by atoms with E-state index in [9.17, 15) is 9.59 Å². The minimum absolute atomic E-state index is 0.0175. The molecule has 162 valence electrons. The van der Waals surface area contributed by atoms with Crippen molar-refractivity contribution in [3.8, 4) is 0 Å². The summed E-state index contributed by atoms with van der Waals surface area (Å²) in [5.41, 5.74) is -1.11. The van der Waals surface area contributed by atoms with Crippen molar-refractivity contribution in [1.29, 1.82) is 0 Å². The minimum Gasteiger partial charge on any atom is -0.323 e. The average molecular weight is 394 g/mol. The van der Waals surface area contributed by atoms with Gasteiger partial charge in [-0.15, -0.1) is 0 Å². The zero-order chi connectivity index (χ0) is 20.8. The van der Waals surface area contributed by atoms with Gasteiger partial charge in [0.05, 0.1) is 0 Å². The van der Waals surface area contributed by atoms with Crippen molar-refractivity contribution in [3.63, 3.8) is 0 Å². The molecule has 0 aromatic carbocycles. The molecule has 0 bridgehead atoms. The van der Waals surface area contributed by atoms with Crippen LogP contribution in [0.2, 0.25) is 0 Å². The van der Waals surface area contributed by atoms with Gasteiger partial charge < -0.3 is 10.6 Å². The van der Waals surface area contributed by atoms with Crippen LogP contribution in [0.15, 0.2) is 0 Å². The molecular weight excluding hydrogens is 350 g/mol. The Morgan fingerprint density at radius 2 is 1.25 bits per heavy atom. The number of carbonyl (C=O) groups excluding carboxylic acids is 2. The van der Waals surface area contributed by atoms with E-state index in [1.54, 1.807) is 0 Å². The summed E-state index contributed by atoms with van der Waals surface area (Å²) in [5.74, 6) is -0.0175. The van der Waals surface area contributed by atoms with E-state index in [-0.39, 0.29) is 23.0 Å². The molecule has 1 spiro atoms. The van der Waals surface area contributed by atoms with Gasteiger partial charge in [0, 0.05) is 17.6 Å². The van der Waals surface area contributed by atoms with Crippen molar-refractivity contribution >= 4 is 11.9 Å². The maximum absolute atomic E-state index is 13.2. The highest BCUT2D eigenvalue weighted by Gasteiger charge is 2.58. The van der Waals surface area contributed by atoms with E-state index in [1.165, 1.54) is 56.3 Å². The zero-order valence-electron chi connectivity index (χ0n) is 19.0. The standard InChI is InChI=1S/C23H43N3O2/c1-6-7-8-9-10-11-12-13-14-15-16-26-19(27)23(24-20(26)28)17-21(2,3)25-22(4,5)18-23/h25H,6-18H2,1-5H3,(H,24,28). The van der Waals surface area contributed by atoms with Crippen LogP contribution in [-0.2, 0) is 4.79 Å². The molecule has 0 radical (unpaired) electrons. The summed E-state index contributed by atoms with van der Waals surface area (Å²) in [6, 6.07) is -0.200. The van der Waals surface area contributed by atoms with Crippen molar-refractivity contribution in [1.82, 2.24) is 15.5 Å². The molecule has 5 nitrogen and oxygen atoms in total. The van der Waals surface area contributed by atoms with E-state index in [1.807, 2.05) is 0 Å². The average Bonchev–Trinajstić information content (AvgIpc) is 2.76.